The van der Waals surface area contributed by atoms with Crippen molar-refractivity contribution in [2.24, 2.45) is 0 Å². The first-order valence-electron chi connectivity index (χ1n) is 13.8. The molecule has 10 heteroatoms. The number of nitrogens with zero attached hydrogens (tertiary/aromatic N) is 2. The summed E-state index contributed by atoms with van der Waals surface area (Å²) in [4.78, 5) is 29.2. The SMILES string of the molecule is Cc1ccc(Cl)cc1N(CCCC(=O)N(Cc1ccccc1Cl)[C@H](Cc1ccccc1)C(=O)NC(C)(C)C)S(C)(=O)=O. The Hall–Kier alpha value is -3.07. The van der Waals surface area contributed by atoms with E-state index in [1.165, 1.54) is 4.31 Å². The predicted molar refractivity (Wildman–Crippen MR) is 171 cm³/mol. The van der Waals surface area contributed by atoms with Crippen molar-refractivity contribution >= 4 is 50.7 Å². The Morgan fingerprint density at radius 1 is 0.952 bits per heavy atom. The molecule has 42 heavy (non-hydrogen) atoms. The topological polar surface area (TPSA) is 86.8 Å². The number of aryl methyl sites for hydroxylation is 1. The molecule has 2 amide bonds. The zero-order valence-corrected chi connectivity index (χ0v) is 27.1. The van der Waals surface area contributed by atoms with Crippen molar-refractivity contribution in [3.8, 4) is 0 Å². The standard InChI is InChI=1S/C32H39Cl2N3O4S/c1-23-17-18-26(33)21-28(23)37(42(5,40)41)19-11-16-30(38)36(22-25-14-9-10-15-27(25)34)29(31(39)35-32(2,3)4)20-24-12-7-6-8-13-24/h6-10,12-15,17-18,21,29H,11,16,19-20,22H2,1-5H3,(H,35,39)/t29-/m1/s1. The summed E-state index contributed by atoms with van der Waals surface area (Å²) < 4.78 is 26.7. The van der Waals surface area contributed by atoms with Crippen LogP contribution in [0.4, 0.5) is 5.69 Å². The summed E-state index contributed by atoms with van der Waals surface area (Å²) in [5.74, 6) is -0.560. The number of halogens is 2. The molecule has 0 spiro atoms. The summed E-state index contributed by atoms with van der Waals surface area (Å²) >= 11 is 12.7. The van der Waals surface area contributed by atoms with Crippen LogP contribution in [-0.2, 0) is 32.6 Å². The maximum atomic E-state index is 14.0. The maximum Gasteiger partial charge on any atom is 0.243 e. The van der Waals surface area contributed by atoms with Gasteiger partial charge in [-0.15, -0.1) is 0 Å². The molecule has 0 unspecified atom stereocenters. The summed E-state index contributed by atoms with van der Waals surface area (Å²) in [5, 5.41) is 3.94. The first kappa shape index (κ1) is 33.4. The van der Waals surface area contributed by atoms with Gasteiger partial charge in [0.05, 0.1) is 11.9 Å². The van der Waals surface area contributed by atoms with Crippen LogP contribution in [0.5, 0.6) is 0 Å². The summed E-state index contributed by atoms with van der Waals surface area (Å²) in [6.45, 7) is 7.68. The van der Waals surface area contributed by atoms with Crippen LogP contribution in [0.15, 0.2) is 72.8 Å². The lowest BCUT2D eigenvalue weighted by atomic mass is 10.00. The molecule has 1 N–H and O–H groups in total. The van der Waals surface area contributed by atoms with E-state index in [2.05, 4.69) is 5.32 Å². The van der Waals surface area contributed by atoms with E-state index in [-0.39, 0.29) is 37.7 Å². The third kappa shape index (κ3) is 9.75. The van der Waals surface area contributed by atoms with E-state index in [1.54, 1.807) is 29.2 Å². The Kier molecular flexibility index (Phi) is 11.5. The Bertz CT molecular complexity index is 1490. The molecule has 0 saturated carbocycles. The minimum atomic E-state index is -3.65. The molecule has 0 bridgehead atoms. The minimum absolute atomic E-state index is 0.0180. The third-order valence-corrected chi connectivity index (χ3v) is 8.44. The van der Waals surface area contributed by atoms with Gasteiger partial charge in [-0.25, -0.2) is 8.42 Å². The summed E-state index contributed by atoms with van der Waals surface area (Å²) in [7, 11) is -3.65. The number of carbonyl (C=O) groups is 2. The van der Waals surface area contributed by atoms with Crippen molar-refractivity contribution in [1.29, 1.82) is 0 Å². The highest BCUT2D eigenvalue weighted by Crippen LogP contribution is 2.27. The number of benzene rings is 3. The van der Waals surface area contributed by atoms with Crippen LogP contribution in [0, 0.1) is 6.92 Å². The molecule has 226 valence electrons. The lowest BCUT2D eigenvalue weighted by Gasteiger charge is -2.34. The molecule has 0 aliphatic carbocycles. The highest BCUT2D eigenvalue weighted by Gasteiger charge is 2.32. The molecule has 0 fully saturated rings. The maximum absolute atomic E-state index is 14.0. The predicted octanol–water partition coefficient (Wildman–Crippen LogP) is 6.40. The van der Waals surface area contributed by atoms with E-state index in [1.807, 2.05) is 76.2 Å². The number of hydrogen-bond donors (Lipinski definition) is 1. The number of carbonyl (C=O) groups excluding carboxylic acids is 2. The molecule has 3 aromatic carbocycles. The van der Waals surface area contributed by atoms with Crippen molar-refractivity contribution in [1.82, 2.24) is 10.2 Å². The number of anilines is 1. The van der Waals surface area contributed by atoms with Gasteiger partial charge in [0.25, 0.3) is 0 Å². The van der Waals surface area contributed by atoms with Gasteiger partial charge < -0.3 is 10.2 Å². The third-order valence-electron chi connectivity index (χ3n) is 6.66. The molecular weight excluding hydrogens is 593 g/mol. The van der Waals surface area contributed by atoms with E-state index in [9.17, 15) is 18.0 Å². The van der Waals surface area contributed by atoms with Crippen molar-refractivity contribution in [3.63, 3.8) is 0 Å². The number of hydrogen-bond acceptors (Lipinski definition) is 4. The minimum Gasteiger partial charge on any atom is -0.350 e. The summed E-state index contributed by atoms with van der Waals surface area (Å²) in [6, 6.07) is 21.0. The van der Waals surface area contributed by atoms with Gasteiger partial charge >= 0.3 is 0 Å². The first-order chi connectivity index (χ1) is 19.7. The van der Waals surface area contributed by atoms with Crippen LogP contribution in [0.25, 0.3) is 0 Å². The zero-order valence-electron chi connectivity index (χ0n) is 24.7. The number of rotatable bonds is 12. The van der Waals surface area contributed by atoms with Crippen molar-refractivity contribution < 1.29 is 18.0 Å². The molecule has 0 aliphatic rings. The highest BCUT2D eigenvalue weighted by atomic mass is 35.5. The largest absolute Gasteiger partial charge is 0.350 e. The fraction of sp³-hybridized carbons (Fsp3) is 0.375. The number of sulfonamides is 1. The average Bonchev–Trinajstić information content (AvgIpc) is 2.90. The van der Waals surface area contributed by atoms with Crippen LogP contribution >= 0.6 is 23.2 Å². The van der Waals surface area contributed by atoms with Crippen LogP contribution in [-0.4, -0.2) is 49.5 Å². The summed E-state index contributed by atoms with van der Waals surface area (Å²) in [6.07, 6.45) is 1.68. The fourth-order valence-electron chi connectivity index (χ4n) is 4.65. The van der Waals surface area contributed by atoms with E-state index in [4.69, 9.17) is 23.2 Å². The second-order valence-corrected chi connectivity index (χ2v) is 14.2. The van der Waals surface area contributed by atoms with Crippen molar-refractivity contribution in [2.75, 3.05) is 17.1 Å². The number of nitrogens with one attached hydrogen (secondary N) is 1. The first-order valence-corrected chi connectivity index (χ1v) is 16.4. The molecule has 0 heterocycles. The lowest BCUT2D eigenvalue weighted by Crippen LogP contribution is -2.54. The van der Waals surface area contributed by atoms with E-state index >= 15 is 0 Å². The molecule has 0 radical (unpaired) electrons. The van der Waals surface area contributed by atoms with Gasteiger partial charge in [0, 0.05) is 41.5 Å². The van der Waals surface area contributed by atoms with Gasteiger partial charge in [-0.1, -0.05) is 77.8 Å². The second kappa shape index (κ2) is 14.4. The van der Waals surface area contributed by atoms with Crippen LogP contribution < -0.4 is 9.62 Å². The molecule has 3 rings (SSSR count). The van der Waals surface area contributed by atoms with Gasteiger partial charge in [0.1, 0.15) is 6.04 Å². The molecule has 0 aliphatic heterocycles. The smallest absolute Gasteiger partial charge is 0.243 e. The molecular formula is C32H39Cl2N3O4S. The van der Waals surface area contributed by atoms with Gasteiger partial charge in [0.2, 0.25) is 21.8 Å². The highest BCUT2D eigenvalue weighted by molar-refractivity contribution is 7.92. The van der Waals surface area contributed by atoms with E-state index in [0.29, 0.717) is 27.7 Å². The monoisotopic (exact) mass is 631 g/mol. The van der Waals surface area contributed by atoms with E-state index in [0.717, 1.165) is 17.4 Å². The summed E-state index contributed by atoms with van der Waals surface area (Å²) in [5.41, 5.74) is 2.32. The van der Waals surface area contributed by atoms with Gasteiger partial charge in [0.15, 0.2) is 0 Å². The molecule has 3 aromatic rings. The molecule has 7 nitrogen and oxygen atoms in total. The Morgan fingerprint density at radius 2 is 1.60 bits per heavy atom. The van der Waals surface area contributed by atoms with Gasteiger partial charge in [-0.3, -0.25) is 13.9 Å². The second-order valence-electron chi connectivity index (χ2n) is 11.4. The van der Waals surface area contributed by atoms with Crippen LogP contribution in [0.3, 0.4) is 0 Å². The average molecular weight is 633 g/mol. The zero-order chi connectivity index (χ0) is 31.1. The van der Waals surface area contributed by atoms with Crippen LogP contribution in [0.1, 0.15) is 50.3 Å². The molecule has 1 atom stereocenters. The normalized spacial score (nSPS) is 12.5. The van der Waals surface area contributed by atoms with E-state index < -0.39 is 21.6 Å². The van der Waals surface area contributed by atoms with Crippen LogP contribution in [0.2, 0.25) is 10.0 Å². The van der Waals surface area contributed by atoms with Crippen molar-refractivity contribution in [3.05, 3.63) is 99.5 Å². The quantitative estimate of drug-likeness (QED) is 0.250. The Balaban J connectivity index is 1.93. The molecule has 0 saturated heterocycles. The fourth-order valence-corrected chi connectivity index (χ4v) is 6.03. The molecule has 0 aromatic heterocycles. The lowest BCUT2D eigenvalue weighted by molar-refractivity contribution is -0.142. The number of amides is 2. The van der Waals surface area contributed by atoms with Gasteiger partial charge in [-0.2, -0.15) is 0 Å². The Morgan fingerprint density at radius 3 is 2.21 bits per heavy atom. The van der Waals surface area contributed by atoms with Crippen molar-refractivity contribution in [2.45, 2.75) is 65.1 Å². The van der Waals surface area contributed by atoms with Gasteiger partial charge in [-0.05, 0) is 69.0 Å². The Labute approximate surface area is 259 Å².